The van der Waals surface area contributed by atoms with Crippen LogP contribution >= 0.6 is 0 Å². The lowest BCUT2D eigenvalue weighted by Crippen LogP contribution is -2.80. The molecule has 4 saturated heterocycles. The minimum Gasteiger partial charge on any atom is -0.362 e. The van der Waals surface area contributed by atoms with E-state index in [-0.39, 0.29) is 22.4 Å². The average molecular weight is 482 g/mol. The molecule has 0 aromatic rings. The number of ether oxygens (including phenoxy) is 3. The highest BCUT2D eigenvalue weighted by Gasteiger charge is 2.83. The van der Waals surface area contributed by atoms with Crippen LogP contribution < -0.4 is 0 Å². The molecule has 4 aliphatic carbocycles. The third-order valence-corrected chi connectivity index (χ3v) is 11.8. The zero-order chi connectivity index (χ0) is 25.1. The van der Waals surface area contributed by atoms with Gasteiger partial charge in [-0.05, 0) is 49.7 Å². The van der Waals surface area contributed by atoms with E-state index in [0.29, 0.717) is 32.1 Å². The Balaban J connectivity index is 1.39. The van der Waals surface area contributed by atoms with Crippen LogP contribution in [0.5, 0.6) is 0 Å². The molecule has 0 unspecified atom stereocenters. The topological polar surface area (TPSA) is 94.4 Å². The van der Waals surface area contributed by atoms with Crippen LogP contribution in [-0.4, -0.2) is 50.9 Å². The van der Waals surface area contributed by atoms with Crippen LogP contribution in [0.25, 0.3) is 0 Å². The van der Waals surface area contributed by atoms with Crippen molar-refractivity contribution in [2.45, 2.75) is 109 Å². The molecule has 6 fully saturated rings. The molecule has 7 heteroatoms. The van der Waals surface area contributed by atoms with Crippen molar-refractivity contribution in [2.75, 3.05) is 0 Å². The average Bonchev–Trinajstić information content (AvgIpc) is 3.08. The van der Waals surface area contributed by atoms with Crippen LogP contribution in [-0.2, 0) is 23.8 Å². The lowest BCUT2D eigenvalue weighted by molar-refractivity contribution is -0.455. The smallest absolute Gasteiger partial charge is 0.217 e. The van der Waals surface area contributed by atoms with Crippen molar-refractivity contribution in [3.8, 4) is 0 Å². The summed E-state index contributed by atoms with van der Waals surface area (Å²) in [5.74, 6) is -3.10. The van der Waals surface area contributed by atoms with Gasteiger partial charge >= 0.3 is 0 Å². The standard InChI is InChI=1S/C28H35NO6/c1-20(2)9-7-18(30)22(5)24(20)11-13-26(33-22)17(15-24)29-27(35-26)16-25-12-14-28(27,32)34-23(25,6)19(31)8-10-21(25,3)4/h7-10,32H,11-16H2,1-6H3/t22-,23-,24+,25-,26+,27-,28+/m0/s1. The first kappa shape index (κ1) is 22.5. The Morgan fingerprint density at radius 1 is 0.771 bits per heavy atom. The molecule has 1 N–H and O–H groups in total. The minimum atomic E-state index is -1.76. The quantitative estimate of drug-likeness (QED) is 0.566. The van der Waals surface area contributed by atoms with Gasteiger partial charge in [-0.2, -0.15) is 0 Å². The van der Waals surface area contributed by atoms with Crippen molar-refractivity contribution in [3.63, 3.8) is 0 Å². The van der Waals surface area contributed by atoms with Crippen molar-refractivity contribution < 1.29 is 28.9 Å². The van der Waals surface area contributed by atoms with Crippen molar-refractivity contribution in [2.24, 2.45) is 26.7 Å². The van der Waals surface area contributed by atoms with E-state index >= 15 is 0 Å². The van der Waals surface area contributed by atoms with Gasteiger partial charge in [0.15, 0.2) is 11.6 Å². The van der Waals surface area contributed by atoms with E-state index in [1.54, 1.807) is 12.2 Å². The van der Waals surface area contributed by atoms with Crippen LogP contribution in [0.3, 0.4) is 0 Å². The second kappa shape index (κ2) is 5.59. The molecule has 5 aliphatic heterocycles. The predicted molar refractivity (Wildman–Crippen MR) is 126 cm³/mol. The Hall–Kier alpha value is -1.67. The predicted octanol–water partition coefficient (Wildman–Crippen LogP) is 3.79. The minimum absolute atomic E-state index is 0.0463. The summed E-state index contributed by atoms with van der Waals surface area (Å²) in [5, 5.41) is 12.0. The summed E-state index contributed by atoms with van der Waals surface area (Å²) in [6.45, 7) is 12.3. The maximum atomic E-state index is 13.3. The molecule has 4 spiro atoms. The fourth-order valence-corrected chi connectivity index (χ4v) is 9.28. The Bertz CT molecular complexity index is 1220. The van der Waals surface area contributed by atoms with Gasteiger partial charge in [0.1, 0.15) is 11.2 Å². The molecule has 4 bridgehead atoms. The van der Waals surface area contributed by atoms with E-state index in [2.05, 4.69) is 27.7 Å². The molecule has 9 rings (SSSR count). The summed E-state index contributed by atoms with van der Waals surface area (Å²) in [6.07, 6.45) is 10.4. The third-order valence-electron chi connectivity index (χ3n) is 11.8. The van der Waals surface area contributed by atoms with E-state index in [0.717, 1.165) is 12.1 Å². The van der Waals surface area contributed by atoms with Crippen LogP contribution in [0.4, 0.5) is 0 Å². The lowest BCUT2D eigenvalue weighted by Gasteiger charge is -2.70. The fourth-order valence-electron chi connectivity index (χ4n) is 9.28. The maximum absolute atomic E-state index is 13.3. The molecule has 7 atom stereocenters. The summed E-state index contributed by atoms with van der Waals surface area (Å²) >= 11 is 0. The highest BCUT2D eigenvalue weighted by molar-refractivity contribution is 6.04. The number of rotatable bonds is 0. The highest BCUT2D eigenvalue weighted by Crippen LogP contribution is 2.74. The number of carbonyl (C=O) groups excluding carboxylic acids is 2. The normalized spacial score (nSPS) is 56.1. The molecule has 9 aliphatic rings. The number of carbonyl (C=O) groups is 2. The number of hydrogen-bond donors (Lipinski definition) is 1. The SMILES string of the molecule is CC1(C)C=CC(=O)[C@]2(C)O[C@@]34CC[C@@]12CC3=N[C@@]1(C[C@]23CC[C@@]1(O)O[C@@]2(C)C(=O)C=CC3(C)C)O4. The largest absolute Gasteiger partial charge is 0.362 e. The molecule has 7 nitrogen and oxygen atoms in total. The zero-order valence-electron chi connectivity index (χ0n) is 21.5. The number of allylic oxidation sites excluding steroid dienone is 2. The Labute approximate surface area is 206 Å². The van der Waals surface area contributed by atoms with Crippen LogP contribution in [0, 0.1) is 21.7 Å². The molecule has 0 aromatic heterocycles. The van der Waals surface area contributed by atoms with Crippen LogP contribution in [0.15, 0.2) is 29.3 Å². The van der Waals surface area contributed by atoms with Gasteiger partial charge in [0, 0.05) is 36.5 Å². The van der Waals surface area contributed by atoms with Gasteiger partial charge in [-0.15, -0.1) is 0 Å². The Morgan fingerprint density at radius 3 is 2.00 bits per heavy atom. The van der Waals surface area contributed by atoms with Gasteiger partial charge in [-0.1, -0.05) is 39.8 Å². The highest BCUT2D eigenvalue weighted by atomic mass is 16.8. The van der Waals surface area contributed by atoms with Crippen molar-refractivity contribution >= 4 is 17.3 Å². The molecule has 5 heterocycles. The molecule has 0 amide bonds. The monoisotopic (exact) mass is 481 g/mol. The molecule has 2 saturated carbocycles. The van der Waals surface area contributed by atoms with Crippen molar-refractivity contribution in [1.29, 1.82) is 0 Å². The molecule has 0 aromatic carbocycles. The molecular formula is C28H35NO6. The number of fused-ring (bicyclic) bond motifs is 2. The summed E-state index contributed by atoms with van der Waals surface area (Å²) < 4.78 is 20.0. The number of nitrogens with zero attached hydrogens (tertiary/aromatic N) is 1. The maximum Gasteiger partial charge on any atom is 0.217 e. The van der Waals surface area contributed by atoms with E-state index < -0.39 is 39.3 Å². The lowest BCUT2D eigenvalue weighted by atomic mass is 9.44. The van der Waals surface area contributed by atoms with Gasteiger partial charge < -0.3 is 19.3 Å². The molecule has 0 radical (unpaired) electrons. The summed E-state index contributed by atoms with van der Waals surface area (Å²) in [7, 11) is 0. The zero-order valence-corrected chi connectivity index (χ0v) is 21.5. The van der Waals surface area contributed by atoms with Crippen molar-refractivity contribution in [1.82, 2.24) is 0 Å². The number of aliphatic hydroxyl groups is 1. The first-order valence-electron chi connectivity index (χ1n) is 13.0. The van der Waals surface area contributed by atoms with E-state index in [4.69, 9.17) is 19.2 Å². The Morgan fingerprint density at radius 2 is 1.34 bits per heavy atom. The summed E-state index contributed by atoms with van der Waals surface area (Å²) in [4.78, 5) is 31.7. The fraction of sp³-hybridized carbons (Fsp3) is 0.750. The number of hydrogen-bond acceptors (Lipinski definition) is 7. The second-order valence-corrected chi connectivity index (χ2v) is 13.6. The van der Waals surface area contributed by atoms with Gasteiger partial charge in [0.25, 0.3) is 0 Å². The van der Waals surface area contributed by atoms with Crippen molar-refractivity contribution in [3.05, 3.63) is 24.3 Å². The molecular weight excluding hydrogens is 446 g/mol. The molecule has 35 heavy (non-hydrogen) atoms. The molecule has 188 valence electrons. The van der Waals surface area contributed by atoms with Crippen LogP contribution in [0.2, 0.25) is 0 Å². The number of aliphatic imine (C=N–C) groups is 1. The third kappa shape index (κ3) is 2.02. The first-order valence-corrected chi connectivity index (χ1v) is 13.0. The van der Waals surface area contributed by atoms with E-state index in [1.807, 2.05) is 26.0 Å². The summed E-state index contributed by atoms with van der Waals surface area (Å²) in [6, 6.07) is 0. The number of ketones is 2. The summed E-state index contributed by atoms with van der Waals surface area (Å²) in [5.41, 5.74) is -4.55. The van der Waals surface area contributed by atoms with Gasteiger partial charge in [-0.25, -0.2) is 4.99 Å². The first-order chi connectivity index (χ1) is 16.1. The second-order valence-electron chi connectivity index (χ2n) is 13.6. The van der Waals surface area contributed by atoms with E-state index in [9.17, 15) is 14.7 Å². The Kier molecular flexibility index (Phi) is 3.60. The van der Waals surface area contributed by atoms with Gasteiger partial charge in [0.2, 0.25) is 17.3 Å². The van der Waals surface area contributed by atoms with E-state index in [1.165, 1.54) is 0 Å². The van der Waals surface area contributed by atoms with Crippen LogP contribution in [0.1, 0.15) is 80.1 Å². The van der Waals surface area contributed by atoms with Gasteiger partial charge in [0.05, 0.1) is 5.71 Å². The van der Waals surface area contributed by atoms with Gasteiger partial charge in [-0.3, -0.25) is 9.59 Å².